The van der Waals surface area contributed by atoms with Crippen molar-refractivity contribution in [2.45, 2.75) is 13.3 Å². The highest BCUT2D eigenvalue weighted by atomic mass is 16.3. The van der Waals surface area contributed by atoms with E-state index in [0.717, 1.165) is 5.56 Å². The standard InChI is InChI=1S/C13H16N4O2/c1-9-7-10(18)3-4-11(9)13(19)14-6-5-12-15-8-17(2)16-12/h3-4,7-8,18H,5-6H2,1-2H3,(H,14,19). The molecular formula is C13H16N4O2. The molecule has 1 heterocycles. The van der Waals surface area contributed by atoms with Crippen LogP contribution < -0.4 is 5.32 Å². The van der Waals surface area contributed by atoms with Gasteiger partial charge in [0.05, 0.1) is 0 Å². The summed E-state index contributed by atoms with van der Waals surface area (Å²) < 4.78 is 1.63. The van der Waals surface area contributed by atoms with Gasteiger partial charge in [0, 0.05) is 25.6 Å². The number of benzene rings is 1. The average molecular weight is 260 g/mol. The molecule has 1 aromatic carbocycles. The fourth-order valence-electron chi connectivity index (χ4n) is 1.78. The van der Waals surface area contributed by atoms with Crippen LogP contribution in [0.4, 0.5) is 0 Å². The van der Waals surface area contributed by atoms with Gasteiger partial charge in [-0.2, -0.15) is 5.10 Å². The number of aromatic nitrogens is 3. The molecule has 0 unspecified atom stereocenters. The Balaban J connectivity index is 1.90. The molecule has 0 aliphatic rings. The van der Waals surface area contributed by atoms with E-state index < -0.39 is 0 Å². The van der Waals surface area contributed by atoms with Crippen molar-refractivity contribution in [2.75, 3.05) is 6.54 Å². The second kappa shape index (κ2) is 5.51. The number of nitrogens with zero attached hydrogens (tertiary/aromatic N) is 3. The number of carbonyl (C=O) groups is 1. The van der Waals surface area contributed by atoms with E-state index in [-0.39, 0.29) is 11.7 Å². The summed E-state index contributed by atoms with van der Waals surface area (Å²) in [5.41, 5.74) is 1.31. The van der Waals surface area contributed by atoms with Crippen molar-refractivity contribution in [3.05, 3.63) is 41.5 Å². The van der Waals surface area contributed by atoms with Crippen molar-refractivity contribution < 1.29 is 9.90 Å². The Morgan fingerprint density at radius 1 is 1.47 bits per heavy atom. The average Bonchev–Trinajstić information content (AvgIpc) is 2.75. The smallest absolute Gasteiger partial charge is 0.251 e. The van der Waals surface area contributed by atoms with Crippen molar-refractivity contribution in [3.8, 4) is 5.75 Å². The largest absolute Gasteiger partial charge is 0.508 e. The summed E-state index contributed by atoms with van der Waals surface area (Å²) in [6.07, 6.45) is 2.21. The first-order valence-electron chi connectivity index (χ1n) is 5.98. The van der Waals surface area contributed by atoms with E-state index >= 15 is 0 Å². The maximum absolute atomic E-state index is 11.9. The van der Waals surface area contributed by atoms with Crippen molar-refractivity contribution in [2.24, 2.45) is 7.05 Å². The fraction of sp³-hybridized carbons (Fsp3) is 0.308. The zero-order valence-electron chi connectivity index (χ0n) is 10.9. The van der Waals surface area contributed by atoms with Crippen LogP contribution in [0.15, 0.2) is 24.5 Å². The van der Waals surface area contributed by atoms with Crippen LogP contribution in [0.5, 0.6) is 5.75 Å². The van der Waals surface area contributed by atoms with E-state index in [0.29, 0.717) is 24.4 Å². The third-order valence-corrected chi connectivity index (χ3v) is 2.74. The quantitative estimate of drug-likeness (QED) is 0.852. The Morgan fingerprint density at radius 2 is 2.26 bits per heavy atom. The lowest BCUT2D eigenvalue weighted by molar-refractivity contribution is 0.0953. The Bertz CT molecular complexity index is 592. The minimum atomic E-state index is -0.159. The second-order valence-corrected chi connectivity index (χ2v) is 4.34. The topological polar surface area (TPSA) is 80.0 Å². The van der Waals surface area contributed by atoms with Gasteiger partial charge in [-0.25, -0.2) is 4.98 Å². The maximum Gasteiger partial charge on any atom is 0.251 e. The van der Waals surface area contributed by atoms with E-state index in [2.05, 4.69) is 15.4 Å². The molecule has 6 heteroatoms. The summed E-state index contributed by atoms with van der Waals surface area (Å²) in [4.78, 5) is 16.0. The third kappa shape index (κ3) is 3.31. The Hall–Kier alpha value is -2.37. The molecule has 0 bridgehead atoms. The molecule has 0 saturated carbocycles. The highest BCUT2D eigenvalue weighted by Gasteiger charge is 2.09. The van der Waals surface area contributed by atoms with Gasteiger partial charge in [0.15, 0.2) is 5.82 Å². The molecule has 0 aliphatic carbocycles. The molecule has 2 N–H and O–H groups in total. The van der Waals surface area contributed by atoms with Crippen LogP contribution in [0, 0.1) is 6.92 Å². The van der Waals surface area contributed by atoms with Crippen LogP contribution in [0.1, 0.15) is 21.7 Å². The van der Waals surface area contributed by atoms with Crippen LogP contribution in [0.2, 0.25) is 0 Å². The monoisotopic (exact) mass is 260 g/mol. The summed E-state index contributed by atoms with van der Waals surface area (Å²) in [6.45, 7) is 2.26. The third-order valence-electron chi connectivity index (χ3n) is 2.74. The van der Waals surface area contributed by atoms with Crippen LogP contribution >= 0.6 is 0 Å². The predicted octanol–water partition coefficient (Wildman–Crippen LogP) is 0.802. The molecule has 0 atom stereocenters. The molecule has 2 rings (SSSR count). The van der Waals surface area contributed by atoms with Gasteiger partial charge < -0.3 is 10.4 Å². The highest BCUT2D eigenvalue weighted by molar-refractivity contribution is 5.95. The van der Waals surface area contributed by atoms with E-state index in [1.807, 2.05) is 0 Å². The van der Waals surface area contributed by atoms with Gasteiger partial charge in [0.2, 0.25) is 0 Å². The molecule has 19 heavy (non-hydrogen) atoms. The first-order chi connectivity index (χ1) is 9.06. The van der Waals surface area contributed by atoms with Crippen LogP contribution in [-0.4, -0.2) is 32.3 Å². The van der Waals surface area contributed by atoms with Crippen molar-refractivity contribution in [1.29, 1.82) is 0 Å². The summed E-state index contributed by atoms with van der Waals surface area (Å²) >= 11 is 0. The van der Waals surface area contributed by atoms with Crippen molar-refractivity contribution >= 4 is 5.91 Å². The molecule has 6 nitrogen and oxygen atoms in total. The van der Waals surface area contributed by atoms with Gasteiger partial charge in [-0.05, 0) is 30.7 Å². The molecular weight excluding hydrogens is 244 g/mol. The summed E-state index contributed by atoms with van der Waals surface area (Å²) in [5.74, 6) is 0.699. The lowest BCUT2D eigenvalue weighted by atomic mass is 10.1. The van der Waals surface area contributed by atoms with E-state index in [9.17, 15) is 9.90 Å². The molecule has 0 saturated heterocycles. The molecule has 0 radical (unpaired) electrons. The molecule has 0 aliphatic heterocycles. The normalized spacial score (nSPS) is 10.4. The number of carbonyl (C=O) groups excluding carboxylic acids is 1. The summed E-state index contributed by atoms with van der Waals surface area (Å²) in [5, 5.41) is 16.2. The maximum atomic E-state index is 11.9. The molecule has 0 fully saturated rings. The van der Waals surface area contributed by atoms with E-state index in [1.54, 1.807) is 37.1 Å². The predicted molar refractivity (Wildman–Crippen MR) is 69.9 cm³/mol. The van der Waals surface area contributed by atoms with Gasteiger partial charge in [0.1, 0.15) is 12.1 Å². The van der Waals surface area contributed by atoms with Crippen LogP contribution in [0.25, 0.3) is 0 Å². The van der Waals surface area contributed by atoms with Crippen LogP contribution in [0.3, 0.4) is 0 Å². The number of hydrogen-bond donors (Lipinski definition) is 2. The minimum absolute atomic E-state index is 0.159. The molecule has 1 aromatic heterocycles. The highest BCUT2D eigenvalue weighted by Crippen LogP contribution is 2.15. The number of phenolic OH excluding ortho intramolecular Hbond substituents is 1. The summed E-state index contributed by atoms with van der Waals surface area (Å²) in [7, 11) is 1.80. The van der Waals surface area contributed by atoms with Gasteiger partial charge >= 0.3 is 0 Å². The zero-order chi connectivity index (χ0) is 13.8. The molecule has 100 valence electrons. The Kier molecular flexibility index (Phi) is 3.79. The summed E-state index contributed by atoms with van der Waals surface area (Å²) in [6, 6.07) is 4.68. The molecule has 2 aromatic rings. The first kappa shape index (κ1) is 13.1. The zero-order valence-corrected chi connectivity index (χ0v) is 10.9. The molecule has 0 spiro atoms. The number of phenols is 1. The Morgan fingerprint density at radius 3 is 2.89 bits per heavy atom. The van der Waals surface area contributed by atoms with Gasteiger partial charge in [-0.1, -0.05) is 0 Å². The van der Waals surface area contributed by atoms with Crippen LogP contribution in [-0.2, 0) is 13.5 Å². The van der Waals surface area contributed by atoms with E-state index in [4.69, 9.17) is 0 Å². The van der Waals surface area contributed by atoms with E-state index in [1.165, 1.54) is 6.07 Å². The minimum Gasteiger partial charge on any atom is -0.508 e. The van der Waals surface area contributed by atoms with Crippen molar-refractivity contribution in [1.82, 2.24) is 20.1 Å². The fourth-order valence-corrected chi connectivity index (χ4v) is 1.78. The van der Waals surface area contributed by atoms with Gasteiger partial charge in [-0.3, -0.25) is 9.48 Å². The van der Waals surface area contributed by atoms with Gasteiger partial charge in [-0.15, -0.1) is 0 Å². The number of hydrogen-bond acceptors (Lipinski definition) is 4. The Labute approximate surface area is 111 Å². The number of rotatable bonds is 4. The van der Waals surface area contributed by atoms with Gasteiger partial charge in [0.25, 0.3) is 5.91 Å². The van der Waals surface area contributed by atoms with Crippen molar-refractivity contribution in [3.63, 3.8) is 0 Å². The molecule has 1 amide bonds. The number of aryl methyl sites for hydroxylation is 2. The SMILES string of the molecule is Cc1cc(O)ccc1C(=O)NCCc1ncn(C)n1. The number of nitrogens with one attached hydrogen (secondary N) is 1. The first-order valence-corrected chi connectivity index (χ1v) is 5.98. The number of aromatic hydroxyl groups is 1. The second-order valence-electron chi connectivity index (χ2n) is 4.34. The lowest BCUT2D eigenvalue weighted by Gasteiger charge is -2.07. The number of amides is 1. The lowest BCUT2D eigenvalue weighted by Crippen LogP contribution is -2.26.